The second-order valence-electron chi connectivity index (χ2n) is 3.14. The number of nitrogens with two attached hydrogens (primary N) is 1. The molecule has 0 atom stereocenters. The molecule has 1 aromatic rings. The fourth-order valence-electron chi connectivity index (χ4n) is 1.16. The van der Waals surface area contributed by atoms with Gasteiger partial charge in [-0.05, 0) is 18.2 Å². The van der Waals surface area contributed by atoms with E-state index in [1.807, 2.05) is 0 Å². The summed E-state index contributed by atoms with van der Waals surface area (Å²) in [6.45, 7) is 0.773. The molecule has 0 aliphatic heterocycles. The van der Waals surface area contributed by atoms with Crippen LogP contribution in [0.25, 0.3) is 0 Å². The monoisotopic (exact) mass is 274 g/mol. The van der Waals surface area contributed by atoms with Crippen LogP contribution in [0.15, 0.2) is 22.7 Å². The predicted molar refractivity (Wildman–Crippen MR) is 60.1 cm³/mol. The number of likely N-dealkylation sites (N-methyl/N-ethyl adjacent to an activating group) is 1. The minimum atomic E-state index is -0.529. The van der Waals surface area contributed by atoms with Gasteiger partial charge in [0, 0.05) is 24.6 Å². The predicted octanol–water partition coefficient (Wildman–Crippen LogP) is 1.62. The zero-order chi connectivity index (χ0) is 11.4. The summed E-state index contributed by atoms with van der Waals surface area (Å²) in [5, 5.41) is 0. The van der Waals surface area contributed by atoms with Gasteiger partial charge in [-0.15, -0.1) is 0 Å². The van der Waals surface area contributed by atoms with Crippen molar-refractivity contribution in [2.24, 2.45) is 5.73 Å². The van der Waals surface area contributed by atoms with Crippen molar-refractivity contribution in [2.45, 2.75) is 0 Å². The number of halogens is 2. The number of benzene rings is 1. The molecule has 0 aliphatic carbocycles. The van der Waals surface area contributed by atoms with Crippen LogP contribution in [-0.4, -0.2) is 30.9 Å². The zero-order valence-corrected chi connectivity index (χ0v) is 9.92. The van der Waals surface area contributed by atoms with E-state index in [-0.39, 0.29) is 11.5 Å². The van der Waals surface area contributed by atoms with Crippen molar-refractivity contribution >= 4 is 21.8 Å². The van der Waals surface area contributed by atoms with Gasteiger partial charge >= 0.3 is 0 Å². The van der Waals surface area contributed by atoms with E-state index in [0.29, 0.717) is 17.6 Å². The summed E-state index contributed by atoms with van der Waals surface area (Å²) >= 11 is 3.13. The Labute approximate surface area is 96.2 Å². The van der Waals surface area contributed by atoms with E-state index >= 15 is 0 Å². The molecule has 82 valence electrons. The number of nitrogens with zero attached hydrogens (tertiary/aromatic N) is 1. The summed E-state index contributed by atoms with van der Waals surface area (Å²) < 4.78 is 14.0. The van der Waals surface area contributed by atoms with Gasteiger partial charge in [0.15, 0.2) is 0 Å². The molecule has 0 aliphatic rings. The molecule has 2 N–H and O–H groups in total. The number of hydrogen-bond donors (Lipinski definition) is 1. The van der Waals surface area contributed by atoms with E-state index in [0.717, 1.165) is 0 Å². The molecular formula is C10H12BrFN2O. The Morgan fingerprint density at radius 3 is 2.80 bits per heavy atom. The smallest absolute Gasteiger partial charge is 0.256 e. The SMILES string of the molecule is CN(CCN)C(=O)c1ccc(Br)cc1F. The van der Waals surface area contributed by atoms with E-state index in [2.05, 4.69) is 15.9 Å². The topological polar surface area (TPSA) is 46.3 Å². The van der Waals surface area contributed by atoms with E-state index in [1.54, 1.807) is 13.1 Å². The molecule has 0 radical (unpaired) electrons. The Morgan fingerprint density at radius 1 is 1.60 bits per heavy atom. The van der Waals surface area contributed by atoms with Gasteiger partial charge in [-0.3, -0.25) is 4.79 Å². The summed E-state index contributed by atoms with van der Waals surface area (Å²) in [4.78, 5) is 13.1. The third-order valence-electron chi connectivity index (χ3n) is 1.97. The van der Waals surface area contributed by atoms with E-state index < -0.39 is 5.82 Å². The van der Waals surface area contributed by atoms with Crippen molar-refractivity contribution < 1.29 is 9.18 Å². The molecule has 0 spiro atoms. The van der Waals surface area contributed by atoms with Gasteiger partial charge in [0.1, 0.15) is 5.82 Å². The van der Waals surface area contributed by atoms with Crippen molar-refractivity contribution in [3.8, 4) is 0 Å². The maximum Gasteiger partial charge on any atom is 0.256 e. The van der Waals surface area contributed by atoms with Crippen molar-refractivity contribution in [1.29, 1.82) is 0 Å². The van der Waals surface area contributed by atoms with Crippen LogP contribution < -0.4 is 5.73 Å². The van der Waals surface area contributed by atoms with Crippen LogP contribution in [0.2, 0.25) is 0 Å². The molecule has 1 aromatic carbocycles. The van der Waals surface area contributed by atoms with E-state index in [4.69, 9.17) is 5.73 Å². The maximum absolute atomic E-state index is 13.4. The van der Waals surface area contributed by atoms with Gasteiger partial charge in [0.25, 0.3) is 5.91 Å². The zero-order valence-electron chi connectivity index (χ0n) is 8.34. The maximum atomic E-state index is 13.4. The van der Waals surface area contributed by atoms with Gasteiger partial charge in [0.05, 0.1) is 5.56 Å². The van der Waals surface area contributed by atoms with Crippen molar-refractivity contribution in [2.75, 3.05) is 20.1 Å². The van der Waals surface area contributed by atoms with Crippen LogP contribution in [0.5, 0.6) is 0 Å². The average molecular weight is 275 g/mol. The third-order valence-corrected chi connectivity index (χ3v) is 2.47. The van der Waals surface area contributed by atoms with Crippen LogP contribution in [-0.2, 0) is 0 Å². The summed E-state index contributed by atoms with van der Waals surface area (Å²) in [5.41, 5.74) is 5.38. The Balaban J connectivity index is 2.91. The Kier molecular flexibility index (Phi) is 4.23. The minimum Gasteiger partial charge on any atom is -0.340 e. The Bertz CT molecular complexity index is 370. The molecule has 5 heteroatoms. The lowest BCUT2D eigenvalue weighted by Gasteiger charge is -2.16. The van der Waals surface area contributed by atoms with E-state index in [1.165, 1.54) is 17.0 Å². The lowest BCUT2D eigenvalue weighted by Crippen LogP contribution is -2.32. The highest BCUT2D eigenvalue weighted by Gasteiger charge is 2.15. The molecule has 0 aromatic heterocycles. The quantitative estimate of drug-likeness (QED) is 0.911. The Hall–Kier alpha value is -0.940. The molecule has 1 amide bonds. The highest BCUT2D eigenvalue weighted by Crippen LogP contribution is 2.16. The molecule has 15 heavy (non-hydrogen) atoms. The first-order chi connectivity index (χ1) is 7.06. The van der Waals surface area contributed by atoms with Crippen molar-refractivity contribution in [1.82, 2.24) is 4.90 Å². The normalized spacial score (nSPS) is 10.1. The van der Waals surface area contributed by atoms with E-state index in [9.17, 15) is 9.18 Å². The second kappa shape index (κ2) is 5.23. The summed E-state index contributed by atoms with van der Waals surface area (Å²) in [6, 6.07) is 4.35. The number of carbonyl (C=O) groups is 1. The average Bonchev–Trinajstić information content (AvgIpc) is 2.17. The molecule has 0 fully saturated rings. The molecule has 0 heterocycles. The summed E-state index contributed by atoms with van der Waals surface area (Å²) in [7, 11) is 1.59. The third kappa shape index (κ3) is 3.00. The van der Waals surface area contributed by atoms with Crippen LogP contribution in [0.3, 0.4) is 0 Å². The van der Waals surface area contributed by atoms with Crippen LogP contribution in [0, 0.1) is 5.82 Å². The largest absolute Gasteiger partial charge is 0.340 e. The van der Waals surface area contributed by atoms with Crippen LogP contribution >= 0.6 is 15.9 Å². The highest BCUT2D eigenvalue weighted by atomic mass is 79.9. The molecule has 0 saturated carbocycles. The molecule has 3 nitrogen and oxygen atoms in total. The molecule has 0 saturated heterocycles. The first-order valence-electron chi connectivity index (χ1n) is 4.47. The molecular weight excluding hydrogens is 263 g/mol. The second-order valence-corrected chi connectivity index (χ2v) is 4.06. The first-order valence-corrected chi connectivity index (χ1v) is 5.26. The van der Waals surface area contributed by atoms with Crippen LogP contribution in [0.1, 0.15) is 10.4 Å². The van der Waals surface area contributed by atoms with Gasteiger partial charge < -0.3 is 10.6 Å². The molecule has 0 bridgehead atoms. The van der Waals surface area contributed by atoms with Crippen LogP contribution in [0.4, 0.5) is 4.39 Å². The van der Waals surface area contributed by atoms with Gasteiger partial charge in [-0.1, -0.05) is 15.9 Å². The number of carbonyl (C=O) groups excluding carboxylic acids is 1. The van der Waals surface area contributed by atoms with Gasteiger partial charge in [0.2, 0.25) is 0 Å². The fraction of sp³-hybridized carbons (Fsp3) is 0.300. The highest BCUT2D eigenvalue weighted by molar-refractivity contribution is 9.10. The lowest BCUT2D eigenvalue weighted by atomic mass is 10.2. The summed E-state index contributed by atoms with van der Waals surface area (Å²) in [5.74, 6) is -0.885. The van der Waals surface area contributed by atoms with Crippen molar-refractivity contribution in [3.63, 3.8) is 0 Å². The Morgan fingerprint density at radius 2 is 2.27 bits per heavy atom. The number of hydrogen-bond acceptors (Lipinski definition) is 2. The summed E-state index contributed by atoms with van der Waals surface area (Å²) in [6.07, 6.45) is 0. The molecule has 0 unspecified atom stereocenters. The van der Waals surface area contributed by atoms with Crippen molar-refractivity contribution in [3.05, 3.63) is 34.1 Å². The van der Waals surface area contributed by atoms with Gasteiger partial charge in [-0.2, -0.15) is 0 Å². The van der Waals surface area contributed by atoms with Gasteiger partial charge in [-0.25, -0.2) is 4.39 Å². The number of amides is 1. The molecule has 1 rings (SSSR count). The first kappa shape index (κ1) is 12.1. The minimum absolute atomic E-state index is 0.0640. The lowest BCUT2D eigenvalue weighted by molar-refractivity contribution is 0.0794. The standard InChI is InChI=1S/C10H12BrFN2O/c1-14(5-4-13)10(15)8-3-2-7(11)6-9(8)12/h2-3,6H,4-5,13H2,1H3. The fourth-order valence-corrected chi connectivity index (χ4v) is 1.50. The number of rotatable bonds is 3.